The molecule has 7 nitrogen and oxygen atoms in total. The lowest BCUT2D eigenvalue weighted by Gasteiger charge is -2.27. The van der Waals surface area contributed by atoms with Gasteiger partial charge in [0.2, 0.25) is 11.8 Å². The van der Waals surface area contributed by atoms with E-state index in [4.69, 9.17) is 9.47 Å². The Morgan fingerprint density at radius 3 is 2.70 bits per heavy atom. The Balaban J connectivity index is 1.55. The topological polar surface area (TPSA) is 80.8 Å². The van der Waals surface area contributed by atoms with Crippen molar-refractivity contribution in [2.45, 2.75) is 66.3 Å². The lowest BCUT2D eigenvalue weighted by atomic mass is 9.91. The number of hydrogen-bond donors (Lipinski definition) is 1. The number of ether oxygens (including phenoxy) is 2. The Hall–Kier alpha value is -2.31. The van der Waals surface area contributed by atoms with Gasteiger partial charge in [0.1, 0.15) is 6.61 Å². The van der Waals surface area contributed by atoms with E-state index in [2.05, 4.69) is 17.2 Å². The third-order valence-corrected chi connectivity index (χ3v) is 6.18. The number of carbonyl (C=O) groups is 2. The molecule has 1 N–H and O–H groups in total. The van der Waals surface area contributed by atoms with Crippen LogP contribution in [0.2, 0.25) is 0 Å². The van der Waals surface area contributed by atoms with Gasteiger partial charge in [-0.1, -0.05) is 13.3 Å². The van der Waals surface area contributed by atoms with Crippen molar-refractivity contribution in [2.24, 2.45) is 10.8 Å². The molecule has 0 bridgehead atoms. The predicted molar refractivity (Wildman–Crippen MR) is 114 cm³/mol. The molecule has 0 aromatic carbocycles. The van der Waals surface area contributed by atoms with E-state index in [0.29, 0.717) is 25.6 Å². The highest BCUT2D eigenvalue weighted by Crippen LogP contribution is 2.53. The van der Waals surface area contributed by atoms with Crippen LogP contribution in [-0.4, -0.2) is 54.2 Å². The van der Waals surface area contributed by atoms with Crippen molar-refractivity contribution < 1.29 is 19.1 Å². The number of amides is 2. The molecule has 2 amide bonds. The van der Waals surface area contributed by atoms with Crippen LogP contribution in [0.1, 0.15) is 57.6 Å². The number of likely N-dealkylation sites (tertiary alicyclic amines) is 1. The number of unbranched alkanes of at least 4 members (excludes halogenated alkanes) is 1. The number of aromatic nitrogens is 1. The number of nitrogens with one attached hydrogen (secondary N) is 1. The zero-order chi connectivity index (χ0) is 21.9. The molecule has 3 rings (SSSR count). The minimum Gasteiger partial charge on any atom is -0.476 e. The fourth-order valence-electron chi connectivity index (χ4n) is 3.89. The number of carbonyl (C=O) groups excluding carboxylic acids is 2. The third-order valence-electron chi connectivity index (χ3n) is 6.18. The van der Waals surface area contributed by atoms with Crippen LogP contribution in [0.3, 0.4) is 0 Å². The molecule has 166 valence electrons. The van der Waals surface area contributed by atoms with Crippen molar-refractivity contribution in [3.05, 3.63) is 23.4 Å². The number of hydrogen-bond acceptors (Lipinski definition) is 5. The molecular weight excluding hydrogens is 382 g/mol. The minimum absolute atomic E-state index is 0.00543. The summed E-state index contributed by atoms with van der Waals surface area (Å²) >= 11 is 0. The van der Waals surface area contributed by atoms with Gasteiger partial charge in [0, 0.05) is 30.3 Å². The van der Waals surface area contributed by atoms with E-state index in [1.165, 1.54) is 0 Å². The smallest absolute Gasteiger partial charge is 0.409 e. The van der Waals surface area contributed by atoms with Crippen LogP contribution in [0.25, 0.3) is 0 Å². The van der Waals surface area contributed by atoms with Gasteiger partial charge in [-0.15, -0.1) is 0 Å². The maximum absolute atomic E-state index is 13.0. The van der Waals surface area contributed by atoms with Gasteiger partial charge < -0.3 is 19.7 Å². The lowest BCUT2D eigenvalue weighted by Crippen LogP contribution is -2.49. The molecule has 0 unspecified atom stereocenters. The quantitative estimate of drug-likeness (QED) is 0.654. The molecule has 1 atom stereocenters. The minimum atomic E-state index is -0.718. The molecule has 1 aliphatic heterocycles. The first-order chi connectivity index (χ1) is 14.2. The standard InChI is InChI=1S/C23H35N3O4/c1-6-7-10-29-21(28)26-13-18(23(14-26)8-9-23)25-20(27)22(4,5)15-30-19-17(3)11-16(2)12-24-19/h11-12,18H,6-10,13-15H2,1-5H3,(H,25,27)/t18-/m0/s1. The van der Waals surface area contributed by atoms with E-state index in [0.717, 1.165) is 36.8 Å². The van der Waals surface area contributed by atoms with Crippen LogP contribution in [0.5, 0.6) is 5.88 Å². The number of nitrogens with zero attached hydrogens (tertiary/aromatic N) is 2. The molecule has 1 aromatic heterocycles. The second-order valence-electron chi connectivity index (χ2n) is 9.54. The SMILES string of the molecule is CCCCOC(=O)N1C[C@H](NC(=O)C(C)(C)COc2ncc(C)cc2C)C2(CC2)C1. The van der Waals surface area contributed by atoms with Gasteiger partial charge in [-0.2, -0.15) is 0 Å². The fraction of sp³-hybridized carbons (Fsp3) is 0.696. The normalized spacial score (nSPS) is 19.6. The van der Waals surface area contributed by atoms with Crippen LogP contribution < -0.4 is 10.1 Å². The van der Waals surface area contributed by atoms with Crippen LogP contribution >= 0.6 is 0 Å². The molecule has 0 radical (unpaired) electrons. The molecular formula is C23H35N3O4. The van der Waals surface area contributed by atoms with Gasteiger partial charge in [-0.05, 0) is 58.6 Å². The van der Waals surface area contributed by atoms with Gasteiger partial charge >= 0.3 is 6.09 Å². The van der Waals surface area contributed by atoms with Gasteiger partial charge in [0.25, 0.3) is 0 Å². The third kappa shape index (κ3) is 5.05. The van der Waals surface area contributed by atoms with Crippen molar-refractivity contribution in [2.75, 3.05) is 26.3 Å². The van der Waals surface area contributed by atoms with Crippen molar-refractivity contribution in [1.29, 1.82) is 0 Å². The largest absolute Gasteiger partial charge is 0.476 e. The maximum atomic E-state index is 13.0. The Labute approximate surface area is 179 Å². The first-order valence-corrected chi connectivity index (χ1v) is 11.0. The molecule has 2 aliphatic rings. The highest BCUT2D eigenvalue weighted by atomic mass is 16.6. The van der Waals surface area contributed by atoms with Crippen LogP contribution in [0, 0.1) is 24.7 Å². The Kier molecular flexibility index (Phi) is 6.58. The summed E-state index contributed by atoms with van der Waals surface area (Å²) in [7, 11) is 0. The first kappa shape index (κ1) is 22.4. The average molecular weight is 418 g/mol. The Morgan fingerprint density at radius 1 is 1.33 bits per heavy atom. The highest BCUT2D eigenvalue weighted by Gasteiger charge is 2.57. The van der Waals surface area contributed by atoms with E-state index in [-0.39, 0.29) is 30.1 Å². The highest BCUT2D eigenvalue weighted by molar-refractivity contribution is 5.82. The second kappa shape index (κ2) is 8.82. The summed E-state index contributed by atoms with van der Waals surface area (Å²) in [6.07, 6.45) is 5.41. The molecule has 1 saturated heterocycles. The zero-order valence-electron chi connectivity index (χ0n) is 18.9. The van der Waals surface area contributed by atoms with Crippen LogP contribution in [0.4, 0.5) is 4.79 Å². The van der Waals surface area contributed by atoms with E-state index >= 15 is 0 Å². The van der Waals surface area contributed by atoms with E-state index in [9.17, 15) is 9.59 Å². The molecule has 2 fully saturated rings. The Bertz CT molecular complexity index is 789. The molecule has 1 spiro atoms. The summed E-state index contributed by atoms with van der Waals surface area (Å²) in [6.45, 7) is 11.6. The van der Waals surface area contributed by atoms with Gasteiger partial charge in [0.15, 0.2) is 0 Å². The predicted octanol–water partition coefficient (Wildman–Crippen LogP) is 3.62. The van der Waals surface area contributed by atoms with Gasteiger partial charge in [-0.25, -0.2) is 9.78 Å². The molecule has 1 saturated carbocycles. The molecule has 30 heavy (non-hydrogen) atoms. The van der Waals surface area contributed by atoms with Gasteiger partial charge in [0.05, 0.1) is 18.1 Å². The number of pyridine rings is 1. The van der Waals surface area contributed by atoms with E-state index in [1.807, 2.05) is 33.8 Å². The molecule has 2 heterocycles. The molecule has 1 aromatic rings. The monoisotopic (exact) mass is 417 g/mol. The average Bonchev–Trinajstić information content (AvgIpc) is 3.37. The number of aryl methyl sites for hydroxylation is 2. The Morgan fingerprint density at radius 2 is 2.07 bits per heavy atom. The summed E-state index contributed by atoms with van der Waals surface area (Å²) in [5, 5.41) is 3.20. The first-order valence-electron chi connectivity index (χ1n) is 11.0. The van der Waals surface area contributed by atoms with Crippen molar-refractivity contribution in [3.63, 3.8) is 0 Å². The van der Waals surface area contributed by atoms with E-state index in [1.54, 1.807) is 11.1 Å². The maximum Gasteiger partial charge on any atom is 0.409 e. The number of rotatable bonds is 8. The zero-order valence-corrected chi connectivity index (χ0v) is 18.9. The summed E-state index contributed by atoms with van der Waals surface area (Å²) < 4.78 is 11.2. The van der Waals surface area contributed by atoms with Crippen molar-refractivity contribution in [3.8, 4) is 5.88 Å². The lowest BCUT2D eigenvalue weighted by molar-refractivity contribution is -0.131. The van der Waals surface area contributed by atoms with Gasteiger partial charge in [-0.3, -0.25) is 4.79 Å². The fourth-order valence-corrected chi connectivity index (χ4v) is 3.89. The summed E-state index contributed by atoms with van der Waals surface area (Å²) in [4.78, 5) is 31.5. The van der Waals surface area contributed by atoms with E-state index < -0.39 is 5.41 Å². The van der Waals surface area contributed by atoms with Crippen molar-refractivity contribution in [1.82, 2.24) is 15.2 Å². The summed E-state index contributed by atoms with van der Waals surface area (Å²) in [6, 6.07) is 1.97. The molecule has 1 aliphatic carbocycles. The summed E-state index contributed by atoms with van der Waals surface area (Å²) in [5.41, 5.74) is 1.32. The summed E-state index contributed by atoms with van der Waals surface area (Å²) in [5.74, 6) is 0.492. The van der Waals surface area contributed by atoms with Crippen molar-refractivity contribution >= 4 is 12.0 Å². The van der Waals surface area contributed by atoms with Crippen LogP contribution in [-0.2, 0) is 9.53 Å². The van der Waals surface area contributed by atoms with Crippen LogP contribution in [0.15, 0.2) is 12.3 Å². The molecule has 7 heteroatoms. The second-order valence-corrected chi connectivity index (χ2v) is 9.54.